The lowest BCUT2D eigenvalue weighted by atomic mass is 10.2. The zero-order valence-corrected chi connectivity index (χ0v) is 14.2. The number of benzene rings is 1. The summed E-state index contributed by atoms with van der Waals surface area (Å²) in [5.74, 6) is -0.188. The van der Waals surface area contributed by atoms with Crippen molar-refractivity contribution in [2.45, 2.75) is 26.9 Å². The molecule has 110 valence electrons. The Morgan fingerprint density at radius 3 is 2.95 bits per heavy atom. The second-order valence-corrected chi connectivity index (χ2v) is 7.11. The molecule has 0 aliphatic rings. The van der Waals surface area contributed by atoms with Gasteiger partial charge < -0.3 is 5.32 Å². The number of aryl methyl sites for hydroxylation is 2. The van der Waals surface area contributed by atoms with Crippen LogP contribution in [-0.2, 0) is 13.1 Å². The lowest BCUT2D eigenvalue weighted by Crippen LogP contribution is -2.15. The van der Waals surface area contributed by atoms with Crippen LogP contribution in [0.2, 0.25) is 0 Å². The molecular formula is C15H15BrFN3S. The van der Waals surface area contributed by atoms with Crippen LogP contribution in [0.25, 0.3) is 4.96 Å². The minimum atomic E-state index is -0.188. The first-order valence-electron chi connectivity index (χ1n) is 6.63. The number of nitrogens with zero attached hydrogens (tertiary/aromatic N) is 2. The van der Waals surface area contributed by atoms with Crippen LogP contribution in [0.5, 0.6) is 0 Å². The maximum atomic E-state index is 13.7. The van der Waals surface area contributed by atoms with Gasteiger partial charge in [0.15, 0.2) is 4.96 Å². The first-order valence-corrected chi connectivity index (χ1v) is 8.24. The number of hydrogen-bond donors (Lipinski definition) is 1. The molecule has 2 aromatic heterocycles. The molecule has 3 nitrogen and oxygen atoms in total. The standard InChI is InChI=1S/C15H15BrFN3S/c1-9-8-20-14(10(2)19-15(20)21-9)7-18-6-11-5-12(16)3-4-13(11)17/h3-5,8,18H,6-7H2,1-2H3. The number of aromatic nitrogens is 2. The molecule has 0 aliphatic heterocycles. The van der Waals surface area contributed by atoms with E-state index in [1.54, 1.807) is 23.5 Å². The molecule has 21 heavy (non-hydrogen) atoms. The summed E-state index contributed by atoms with van der Waals surface area (Å²) in [6, 6.07) is 4.99. The highest BCUT2D eigenvalue weighted by Crippen LogP contribution is 2.21. The molecule has 3 rings (SSSR count). The van der Waals surface area contributed by atoms with Gasteiger partial charge in [0.2, 0.25) is 0 Å². The first-order chi connectivity index (χ1) is 10.0. The van der Waals surface area contributed by atoms with Crippen molar-refractivity contribution < 1.29 is 4.39 Å². The quantitative estimate of drug-likeness (QED) is 0.748. The highest BCUT2D eigenvalue weighted by atomic mass is 79.9. The van der Waals surface area contributed by atoms with Crippen molar-refractivity contribution in [1.82, 2.24) is 14.7 Å². The van der Waals surface area contributed by atoms with Crippen LogP contribution in [0.15, 0.2) is 28.9 Å². The van der Waals surface area contributed by atoms with Gasteiger partial charge in [-0.1, -0.05) is 15.9 Å². The van der Waals surface area contributed by atoms with Gasteiger partial charge in [-0.3, -0.25) is 4.40 Å². The Labute approximate surface area is 135 Å². The summed E-state index contributed by atoms with van der Waals surface area (Å²) in [4.78, 5) is 6.79. The topological polar surface area (TPSA) is 29.3 Å². The molecule has 0 atom stereocenters. The molecule has 3 aromatic rings. The van der Waals surface area contributed by atoms with Gasteiger partial charge in [-0.2, -0.15) is 0 Å². The molecule has 0 bridgehead atoms. The van der Waals surface area contributed by atoms with E-state index < -0.39 is 0 Å². The van der Waals surface area contributed by atoms with Crippen molar-refractivity contribution >= 4 is 32.2 Å². The molecule has 0 fully saturated rings. The molecule has 0 saturated heterocycles. The molecule has 2 heterocycles. The maximum Gasteiger partial charge on any atom is 0.194 e. The number of thiazole rings is 1. The molecular weight excluding hydrogens is 353 g/mol. The third-order valence-electron chi connectivity index (χ3n) is 3.36. The number of fused-ring (bicyclic) bond motifs is 1. The van der Waals surface area contributed by atoms with E-state index in [-0.39, 0.29) is 5.82 Å². The van der Waals surface area contributed by atoms with Crippen molar-refractivity contribution in [2.75, 3.05) is 0 Å². The third kappa shape index (κ3) is 3.02. The van der Waals surface area contributed by atoms with Gasteiger partial charge in [0.1, 0.15) is 5.82 Å². The van der Waals surface area contributed by atoms with Gasteiger partial charge in [0.05, 0.1) is 11.4 Å². The van der Waals surface area contributed by atoms with Crippen LogP contribution in [0.1, 0.15) is 21.8 Å². The van der Waals surface area contributed by atoms with Crippen molar-refractivity contribution in [3.63, 3.8) is 0 Å². The molecule has 0 saturated carbocycles. The van der Waals surface area contributed by atoms with Gasteiger partial charge >= 0.3 is 0 Å². The van der Waals surface area contributed by atoms with E-state index in [9.17, 15) is 4.39 Å². The third-order valence-corrected chi connectivity index (χ3v) is 4.75. The van der Waals surface area contributed by atoms with E-state index in [1.165, 1.54) is 10.9 Å². The SMILES string of the molecule is Cc1cn2c(CNCc3cc(Br)ccc3F)c(C)nc2s1. The van der Waals surface area contributed by atoms with Crippen molar-refractivity contribution in [3.8, 4) is 0 Å². The smallest absolute Gasteiger partial charge is 0.194 e. The Morgan fingerprint density at radius 1 is 1.33 bits per heavy atom. The Morgan fingerprint density at radius 2 is 2.14 bits per heavy atom. The molecule has 0 aliphatic carbocycles. The Kier molecular flexibility index (Phi) is 4.10. The number of rotatable bonds is 4. The second kappa shape index (κ2) is 5.87. The summed E-state index contributed by atoms with van der Waals surface area (Å²) >= 11 is 5.05. The number of halogens is 2. The molecule has 0 spiro atoms. The normalized spacial score (nSPS) is 11.4. The number of nitrogens with one attached hydrogen (secondary N) is 1. The van der Waals surface area contributed by atoms with Gasteiger partial charge in [0, 0.05) is 34.2 Å². The summed E-state index contributed by atoms with van der Waals surface area (Å²) in [5, 5.41) is 3.30. The number of hydrogen-bond acceptors (Lipinski definition) is 3. The van der Waals surface area contributed by atoms with Crippen LogP contribution < -0.4 is 5.32 Å². The van der Waals surface area contributed by atoms with Crippen LogP contribution in [0.4, 0.5) is 4.39 Å². The Hall–Kier alpha value is -1.24. The molecule has 1 N–H and O–H groups in total. The van der Waals surface area contributed by atoms with Gasteiger partial charge in [-0.25, -0.2) is 9.37 Å². The average Bonchev–Trinajstić information content (AvgIpc) is 2.90. The molecule has 0 radical (unpaired) electrons. The molecule has 0 unspecified atom stereocenters. The van der Waals surface area contributed by atoms with Crippen LogP contribution in [-0.4, -0.2) is 9.38 Å². The van der Waals surface area contributed by atoms with Crippen molar-refractivity contribution in [2.24, 2.45) is 0 Å². The largest absolute Gasteiger partial charge is 0.307 e. The Bertz CT molecular complexity index is 794. The van der Waals surface area contributed by atoms with E-state index in [0.29, 0.717) is 18.7 Å². The zero-order chi connectivity index (χ0) is 15.0. The molecule has 0 amide bonds. The van der Waals surface area contributed by atoms with Crippen molar-refractivity contribution in [3.05, 3.63) is 56.5 Å². The van der Waals surface area contributed by atoms with Crippen molar-refractivity contribution in [1.29, 1.82) is 0 Å². The lowest BCUT2D eigenvalue weighted by Gasteiger charge is -2.07. The zero-order valence-electron chi connectivity index (χ0n) is 11.8. The average molecular weight is 368 g/mol. The van der Waals surface area contributed by atoms with Crippen LogP contribution in [0, 0.1) is 19.7 Å². The Balaban J connectivity index is 1.74. The van der Waals surface area contributed by atoms with Gasteiger partial charge in [0.25, 0.3) is 0 Å². The summed E-state index contributed by atoms with van der Waals surface area (Å²) in [7, 11) is 0. The van der Waals surface area contributed by atoms with E-state index in [4.69, 9.17) is 0 Å². The van der Waals surface area contributed by atoms with E-state index >= 15 is 0 Å². The van der Waals surface area contributed by atoms with Gasteiger partial charge in [-0.15, -0.1) is 11.3 Å². The molecule has 6 heteroatoms. The lowest BCUT2D eigenvalue weighted by molar-refractivity contribution is 0.584. The summed E-state index contributed by atoms with van der Waals surface area (Å²) < 4.78 is 16.7. The highest BCUT2D eigenvalue weighted by Gasteiger charge is 2.11. The second-order valence-electron chi connectivity index (χ2n) is 4.98. The number of imidazole rings is 1. The summed E-state index contributed by atoms with van der Waals surface area (Å²) in [6.07, 6.45) is 2.09. The van der Waals surface area contributed by atoms with Crippen LogP contribution in [0.3, 0.4) is 0 Å². The maximum absolute atomic E-state index is 13.7. The minimum Gasteiger partial charge on any atom is -0.307 e. The van der Waals surface area contributed by atoms with E-state index in [2.05, 4.69) is 43.8 Å². The highest BCUT2D eigenvalue weighted by molar-refractivity contribution is 9.10. The summed E-state index contributed by atoms with van der Waals surface area (Å²) in [6.45, 7) is 5.23. The predicted molar refractivity (Wildman–Crippen MR) is 87.2 cm³/mol. The monoisotopic (exact) mass is 367 g/mol. The van der Waals surface area contributed by atoms with E-state index in [1.807, 2.05) is 6.92 Å². The fourth-order valence-corrected chi connectivity index (χ4v) is 3.61. The minimum absolute atomic E-state index is 0.188. The first kappa shape index (κ1) is 14.7. The fourth-order valence-electron chi connectivity index (χ4n) is 2.32. The van der Waals surface area contributed by atoms with E-state index in [0.717, 1.165) is 20.8 Å². The predicted octanol–water partition coefficient (Wildman–Crippen LogP) is 4.20. The summed E-state index contributed by atoms with van der Waals surface area (Å²) in [5.41, 5.74) is 2.80. The molecule has 1 aromatic carbocycles. The van der Waals surface area contributed by atoms with Crippen LogP contribution >= 0.6 is 27.3 Å². The fraction of sp³-hybridized carbons (Fsp3) is 0.267. The van der Waals surface area contributed by atoms with Gasteiger partial charge in [-0.05, 0) is 32.0 Å².